The Bertz CT molecular complexity index is 904. The van der Waals surface area contributed by atoms with Crippen molar-refractivity contribution in [2.24, 2.45) is 0 Å². The number of hydrogen-bond donors (Lipinski definition) is 3. The van der Waals surface area contributed by atoms with Crippen LogP contribution in [0.3, 0.4) is 0 Å². The summed E-state index contributed by atoms with van der Waals surface area (Å²) in [5, 5.41) is 3.01. The van der Waals surface area contributed by atoms with Gasteiger partial charge >= 0.3 is 0 Å². The summed E-state index contributed by atoms with van der Waals surface area (Å²) in [5.74, 6) is -0.0443. The monoisotopic (exact) mass is 392 g/mol. The van der Waals surface area contributed by atoms with Gasteiger partial charge in [0.25, 0.3) is 5.91 Å². The predicted octanol–water partition coefficient (Wildman–Crippen LogP) is 3.09. The molecule has 0 aromatic heterocycles. The van der Waals surface area contributed by atoms with Crippen molar-refractivity contribution < 1.29 is 9.59 Å². The van der Waals surface area contributed by atoms with Gasteiger partial charge in [-0.1, -0.05) is 35.9 Å². The quantitative estimate of drug-likeness (QED) is 0.748. The Hall–Kier alpha value is -2.70. The van der Waals surface area contributed by atoms with Crippen molar-refractivity contribution in [2.45, 2.75) is 45.2 Å². The first-order valence-electron chi connectivity index (χ1n) is 10.3. The van der Waals surface area contributed by atoms with E-state index in [1.807, 2.05) is 30.0 Å². The normalized spacial score (nSPS) is 21.4. The van der Waals surface area contributed by atoms with E-state index in [0.717, 1.165) is 37.1 Å². The third-order valence-corrected chi connectivity index (χ3v) is 5.91. The van der Waals surface area contributed by atoms with E-state index >= 15 is 0 Å². The first-order chi connectivity index (χ1) is 14.0. The van der Waals surface area contributed by atoms with Crippen LogP contribution in [0.25, 0.3) is 0 Å². The highest BCUT2D eigenvalue weighted by Gasteiger charge is 2.30. The molecule has 6 heteroatoms. The van der Waals surface area contributed by atoms with Crippen LogP contribution in [0.15, 0.2) is 42.5 Å². The van der Waals surface area contributed by atoms with Crippen molar-refractivity contribution in [3.8, 4) is 0 Å². The zero-order valence-electron chi connectivity index (χ0n) is 17.0. The van der Waals surface area contributed by atoms with Gasteiger partial charge in [0.2, 0.25) is 5.91 Å². The fourth-order valence-corrected chi connectivity index (χ4v) is 4.06. The second-order valence-electron chi connectivity index (χ2n) is 8.01. The molecular weight excluding hydrogens is 364 g/mol. The van der Waals surface area contributed by atoms with E-state index in [0.29, 0.717) is 17.7 Å². The fraction of sp³-hybridized carbons (Fsp3) is 0.391. The highest BCUT2D eigenvalue weighted by molar-refractivity contribution is 6.00. The number of rotatable bonds is 4. The summed E-state index contributed by atoms with van der Waals surface area (Å²) in [6, 6.07) is 13.6. The minimum Gasteiger partial charge on any atom is -0.339 e. The molecule has 0 spiro atoms. The summed E-state index contributed by atoms with van der Waals surface area (Å²) >= 11 is 0. The highest BCUT2D eigenvalue weighted by Crippen LogP contribution is 2.25. The van der Waals surface area contributed by atoms with Crippen molar-refractivity contribution >= 4 is 17.5 Å². The Kier molecular flexibility index (Phi) is 5.65. The average molecular weight is 393 g/mol. The second-order valence-corrected chi connectivity index (χ2v) is 8.01. The van der Waals surface area contributed by atoms with Gasteiger partial charge in [-0.2, -0.15) is 0 Å². The molecule has 2 aromatic carbocycles. The van der Waals surface area contributed by atoms with Crippen LogP contribution >= 0.6 is 0 Å². The van der Waals surface area contributed by atoms with Crippen molar-refractivity contribution in [3.63, 3.8) is 0 Å². The zero-order valence-corrected chi connectivity index (χ0v) is 17.0. The van der Waals surface area contributed by atoms with E-state index in [2.05, 4.69) is 47.4 Å². The maximum absolute atomic E-state index is 12.8. The maximum atomic E-state index is 12.8. The summed E-state index contributed by atoms with van der Waals surface area (Å²) in [5.41, 5.74) is 10.9. The molecule has 2 saturated heterocycles. The number of nitrogens with one attached hydrogen (secondary N) is 3. The molecule has 2 heterocycles. The number of hydrogen-bond acceptors (Lipinski definition) is 4. The molecule has 2 fully saturated rings. The summed E-state index contributed by atoms with van der Waals surface area (Å²) < 4.78 is 0. The molecule has 6 nitrogen and oxygen atoms in total. The fourth-order valence-electron chi connectivity index (χ4n) is 4.06. The van der Waals surface area contributed by atoms with E-state index in [1.54, 1.807) is 0 Å². The summed E-state index contributed by atoms with van der Waals surface area (Å²) in [6.07, 6.45) is 2.79. The molecule has 0 aliphatic carbocycles. The average Bonchev–Trinajstić information content (AvgIpc) is 3.42. The van der Waals surface area contributed by atoms with Crippen molar-refractivity contribution in [1.29, 1.82) is 0 Å². The van der Waals surface area contributed by atoms with Gasteiger partial charge in [-0.05, 0) is 56.4 Å². The van der Waals surface area contributed by atoms with E-state index in [4.69, 9.17) is 0 Å². The van der Waals surface area contributed by atoms with Crippen LogP contribution in [0.5, 0.6) is 0 Å². The van der Waals surface area contributed by atoms with Gasteiger partial charge < -0.3 is 10.2 Å². The van der Waals surface area contributed by atoms with Crippen LogP contribution in [0.2, 0.25) is 0 Å². The lowest BCUT2D eigenvalue weighted by molar-refractivity contribution is -0.117. The Morgan fingerprint density at radius 3 is 2.45 bits per heavy atom. The van der Waals surface area contributed by atoms with E-state index in [9.17, 15) is 9.59 Å². The molecule has 152 valence electrons. The Balaban J connectivity index is 1.43. The molecule has 29 heavy (non-hydrogen) atoms. The van der Waals surface area contributed by atoms with Crippen molar-refractivity contribution in [2.75, 3.05) is 18.4 Å². The molecule has 3 N–H and O–H groups in total. The number of hydrazine groups is 1. The molecule has 0 saturated carbocycles. The third kappa shape index (κ3) is 4.18. The second kappa shape index (κ2) is 8.35. The van der Waals surface area contributed by atoms with Crippen LogP contribution in [0, 0.1) is 13.8 Å². The predicted molar refractivity (Wildman–Crippen MR) is 114 cm³/mol. The number of carbonyl (C=O) groups is 2. The topological polar surface area (TPSA) is 73.5 Å². The molecule has 2 unspecified atom stereocenters. The van der Waals surface area contributed by atoms with Crippen molar-refractivity contribution in [3.05, 3.63) is 64.7 Å². The maximum Gasteiger partial charge on any atom is 0.254 e. The summed E-state index contributed by atoms with van der Waals surface area (Å²) in [7, 11) is 0. The minimum absolute atomic E-state index is 0.0520. The van der Waals surface area contributed by atoms with Gasteiger partial charge in [0.05, 0.1) is 0 Å². The number of benzene rings is 2. The first kappa shape index (κ1) is 19.6. The van der Waals surface area contributed by atoms with Gasteiger partial charge in [-0.25, -0.2) is 10.9 Å². The van der Waals surface area contributed by atoms with Crippen LogP contribution in [-0.2, 0) is 4.79 Å². The molecule has 2 aliphatic rings. The number of carbonyl (C=O) groups excluding carboxylic acids is 2. The standard InChI is InChI=1S/C23H28N4O2/c1-15-8-10-17(11-9-15)20-14-21(26-25-20)22(28)24-19-7-5-6-18(16(19)2)23(29)27-12-3-4-13-27/h5-11,20-21,25-26H,3-4,12-14H2,1-2H3,(H,24,28). The summed E-state index contributed by atoms with van der Waals surface area (Å²) in [4.78, 5) is 27.5. The van der Waals surface area contributed by atoms with E-state index < -0.39 is 0 Å². The summed E-state index contributed by atoms with van der Waals surface area (Å²) in [6.45, 7) is 5.58. The largest absolute Gasteiger partial charge is 0.339 e. The smallest absolute Gasteiger partial charge is 0.254 e. The first-order valence-corrected chi connectivity index (χ1v) is 10.3. The third-order valence-electron chi connectivity index (χ3n) is 5.91. The Labute approximate surface area is 171 Å². The molecule has 0 radical (unpaired) electrons. The van der Waals surface area contributed by atoms with Crippen LogP contribution in [0.4, 0.5) is 5.69 Å². The molecule has 2 atom stereocenters. The highest BCUT2D eigenvalue weighted by atomic mass is 16.2. The number of anilines is 1. The lowest BCUT2D eigenvalue weighted by Crippen LogP contribution is -2.39. The van der Waals surface area contributed by atoms with Crippen LogP contribution in [-0.4, -0.2) is 35.8 Å². The minimum atomic E-state index is -0.335. The Morgan fingerprint density at radius 1 is 1.00 bits per heavy atom. The number of aryl methyl sites for hydroxylation is 1. The van der Waals surface area contributed by atoms with Crippen LogP contribution < -0.4 is 16.2 Å². The van der Waals surface area contributed by atoms with E-state index in [1.165, 1.54) is 5.56 Å². The lowest BCUT2D eigenvalue weighted by Gasteiger charge is -2.19. The van der Waals surface area contributed by atoms with E-state index in [-0.39, 0.29) is 23.9 Å². The van der Waals surface area contributed by atoms with Crippen molar-refractivity contribution in [1.82, 2.24) is 15.8 Å². The molecular formula is C23H28N4O2. The molecule has 2 aromatic rings. The van der Waals surface area contributed by atoms with Gasteiger partial charge in [0.1, 0.15) is 6.04 Å². The molecule has 4 rings (SSSR count). The van der Waals surface area contributed by atoms with Gasteiger partial charge in [0.15, 0.2) is 0 Å². The number of nitrogens with zero attached hydrogens (tertiary/aromatic N) is 1. The number of amides is 2. The molecule has 2 amide bonds. The van der Waals surface area contributed by atoms with Crippen LogP contribution in [0.1, 0.15) is 52.4 Å². The lowest BCUT2D eigenvalue weighted by atomic mass is 10.0. The molecule has 2 aliphatic heterocycles. The van der Waals surface area contributed by atoms with Gasteiger partial charge in [-0.3, -0.25) is 9.59 Å². The number of likely N-dealkylation sites (tertiary alicyclic amines) is 1. The zero-order chi connectivity index (χ0) is 20.4. The SMILES string of the molecule is Cc1ccc(C2CC(C(=O)Nc3cccc(C(=O)N4CCCC4)c3C)NN2)cc1. The Morgan fingerprint density at radius 2 is 1.72 bits per heavy atom. The molecule has 0 bridgehead atoms. The van der Waals surface area contributed by atoms with Gasteiger partial charge in [0, 0.05) is 30.4 Å². The van der Waals surface area contributed by atoms with Gasteiger partial charge in [-0.15, -0.1) is 0 Å².